The highest BCUT2D eigenvalue weighted by Crippen LogP contribution is 2.46. The zero-order valence-corrected chi connectivity index (χ0v) is 10.9. The highest BCUT2D eigenvalue weighted by atomic mass is 31.2. The number of nitrogens with two attached hydrogens (primary N) is 1. The molecule has 1 aliphatic rings. The first-order valence-electron chi connectivity index (χ1n) is 6.22. The van der Waals surface area contributed by atoms with E-state index in [1.165, 1.54) is 19.3 Å². The number of hydrogen-bond donors (Lipinski definition) is 3. The van der Waals surface area contributed by atoms with E-state index in [4.69, 9.17) is 5.73 Å². The molecule has 0 aliphatic heterocycles. The summed E-state index contributed by atoms with van der Waals surface area (Å²) in [6, 6.07) is -0.557. The maximum Gasteiger partial charge on any atom is 0.229 e. The van der Waals surface area contributed by atoms with Crippen molar-refractivity contribution in [2.75, 3.05) is 6.16 Å². The van der Waals surface area contributed by atoms with Crippen molar-refractivity contribution in [1.82, 2.24) is 0 Å². The van der Waals surface area contributed by atoms with Crippen LogP contribution in [0.15, 0.2) is 0 Å². The van der Waals surface area contributed by atoms with Crippen LogP contribution in [0.2, 0.25) is 0 Å². The molecule has 16 heavy (non-hydrogen) atoms. The topological polar surface area (TPSA) is 83.5 Å². The van der Waals surface area contributed by atoms with Crippen molar-refractivity contribution in [1.29, 1.82) is 0 Å². The van der Waals surface area contributed by atoms with E-state index < -0.39 is 19.3 Å². The van der Waals surface area contributed by atoms with Gasteiger partial charge in [-0.3, -0.25) is 4.57 Å². The van der Waals surface area contributed by atoms with Crippen molar-refractivity contribution in [2.45, 2.75) is 57.3 Å². The fraction of sp³-hybridized carbons (Fsp3) is 1.00. The van der Waals surface area contributed by atoms with Crippen LogP contribution < -0.4 is 5.73 Å². The second-order valence-electron chi connectivity index (χ2n) is 4.89. The largest absolute Gasteiger partial charge is 0.381 e. The lowest BCUT2D eigenvalue weighted by Gasteiger charge is -2.28. The fourth-order valence-corrected chi connectivity index (χ4v) is 3.51. The molecule has 1 rings (SSSR count). The van der Waals surface area contributed by atoms with Gasteiger partial charge in [-0.15, -0.1) is 0 Å². The summed E-state index contributed by atoms with van der Waals surface area (Å²) in [4.78, 5) is 9.52. The number of hydrogen-bond acceptors (Lipinski definition) is 3. The lowest BCUT2D eigenvalue weighted by atomic mass is 9.85. The van der Waals surface area contributed by atoms with Gasteiger partial charge in [0.15, 0.2) is 0 Å². The van der Waals surface area contributed by atoms with Crippen molar-refractivity contribution in [2.24, 2.45) is 11.7 Å². The van der Waals surface area contributed by atoms with Crippen LogP contribution in [0.25, 0.3) is 0 Å². The van der Waals surface area contributed by atoms with Crippen LogP contribution in [0.1, 0.15) is 45.4 Å². The first-order chi connectivity index (χ1) is 7.47. The second kappa shape index (κ2) is 6.15. The van der Waals surface area contributed by atoms with E-state index in [0.29, 0.717) is 12.3 Å². The Labute approximate surface area is 97.7 Å². The highest BCUT2D eigenvalue weighted by Gasteiger charge is 2.33. The van der Waals surface area contributed by atoms with E-state index in [1.807, 2.05) is 0 Å². The molecule has 0 spiro atoms. The zero-order chi connectivity index (χ0) is 12.2. The molecule has 1 fully saturated rings. The quantitative estimate of drug-likeness (QED) is 0.650. The summed E-state index contributed by atoms with van der Waals surface area (Å²) in [6.07, 6.45) is 6.76. The van der Waals surface area contributed by atoms with Gasteiger partial charge in [0, 0.05) is 12.2 Å². The van der Waals surface area contributed by atoms with Gasteiger partial charge in [-0.05, 0) is 12.3 Å². The summed E-state index contributed by atoms with van der Waals surface area (Å²) in [5.41, 5.74) is 5.83. The Bertz CT molecular complexity index is 254. The zero-order valence-electron chi connectivity index (χ0n) is 10.0. The molecule has 3 unspecified atom stereocenters. The van der Waals surface area contributed by atoms with Gasteiger partial charge in [0.25, 0.3) is 0 Å². The molecule has 1 saturated carbocycles. The summed E-state index contributed by atoms with van der Waals surface area (Å²) in [5, 5.41) is 9.74. The van der Waals surface area contributed by atoms with E-state index in [9.17, 15) is 14.6 Å². The van der Waals surface area contributed by atoms with Crippen LogP contribution in [0.3, 0.4) is 0 Å². The molecule has 0 bridgehead atoms. The van der Waals surface area contributed by atoms with E-state index >= 15 is 0 Å². The van der Waals surface area contributed by atoms with Crippen molar-refractivity contribution in [3.05, 3.63) is 0 Å². The lowest BCUT2D eigenvalue weighted by molar-refractivity contribution is 0.177. The Kier molecular flexibility index (Phi) is 5.45. The molecular weight excluding hydrogens is 225 g/mol. The van der Waals surface area contributed by atoms with Gasteiger partial charge in [0.05, 0.1) is 0 Å². The highest BCUT2D eigenvalue weighted by molar-refractivity contribution is 7.58. The predicted molar refractivity (Wildman–Crippen MR) is 65.5 cm³/mol. The van der Waals surface area contributed by atoms with Crippen molar-refractivity contribution in [3.63, 3.8) is 0 Å². The molecule has 0 heterocycles. The van der Waals surface area contributed by atoms with Gasteiger partial charge in [-0.25, -0.2) is 0 Å². The summed E-state index contributed by atoms with van der Waals surface area (Å²) < 4.78 is 11.6. The van der Waals surface area contributed by atoms with Gasteiger partial charge in [0.2, 0.25) is 7.37 Å². The van der Waals surface area contributed by atoms with Crippen LogP contribution in [0, 0.1) is 5.92 Å². The molecule has 0 radical (unpaired) electrons. The van der Waals surface area contributed by atoms with E-state index in [2.05, 4.69) is 0 Å². The van der Waals surface area contributed by atoms with Gasteiger partial charge in [0.1, 0.15) is 5.85 Å². The minimum atomic E-state index is -3.46. The number of aliphatic hydroxyl groups is 1. The molecule has 0 aromatic rings. The average molecular weight is 249 g/mol. The molecular formula is C11H24NO3P. The standard InChI is InChI=1S/C11H24NO3P/c1-2-16(14,15)11(13)10(12)8-9-6-4-3-5-7-9/h9-11,13H,2-8,12H2,1H3,(H,14,15). The van der Waals surface area contributed by atoms with Crippen molar-refractivity contribution in [3.8, 4) is 0 Å². The Balaban J connectivity index is 2.44. The normalized spacial score (nSPS) is 26.0. The van der Waals surface area contributed by atoms with Crippen LogP contribution in [-0.2, 0) is 4.57 Å². The first-order valence-corrected chi connectivity index (χ1v) is 8.14. The van der Waals surface area contributed by atoms with Crippen LogP contribution in [-0.4, -0.2) is 28.0 Å². The summed E-state index contributed by atoms with van der Waals surface area (Å²) in [6.45, 7) is 1.61. The van der Waals surface area contributed by atoms with Gasteiger partial charge in [-0.2, -0.15) is 0 Å². The minimum Gasteiger partial charge on any atom is -0.381 e. The maximum absolute atomic E-state index is 11.6. The Morgan fingerprint density at radius 3 is 2.44 bits per heavy atom. The second-order valence-corrected chi connectivity index (χ2v) is 7.56. The molecule has 1 aliphatic carbocycles. The van der Waals surface area contributed by atoms with E-state index in [-0.39, 0.29) is 6.16 Å². The van der Waals surface area contributed by atoms with Gasteiger partial charge in [-0.1, -0.05) is 39.0 Å². The van der Waals surface area contributed by atoms with Crippen molar-refractivity contribution < 1.29 is 14.6 Å². The van der Waals surface area contributed by atoms with Gasteiger partial charge < -0.3 is 15.7 Å². The average Bonchev–Trinajstić information content (AvgIpc) is 2.29. The van der Waals surface area contributed by atoms with Crippen molar-refractivity contribution >= 4 is 7.37 Å². The molecule has 0 amide bonds. The summed E-state index contributed by atoms with van der Waals surface area (Å²) >= 11 is 0. The molecule has 96 valence electrons. The molecule has 5 heteroatoms. The van der Waals surface area contributed by atoms with Crippen LogP contribution >= 0.6 is 7.37 Å². The Morgan fingerprint density at radius 1 is 1.38 bits per heavy atom. The fourth-order valence-electron chi connectivity index (χ4n) is 2.42. The summed E-state index contributed by atoms with van der Waals surface area (Å²) in [7, 11) is -3.46. The van der Waals surface area contributed by atoms with E-state index in [0.717, 1.165) is 12.8 Å². The molecule has 3 atom stereocenters. The lowest BCUT2D eigenvalue weighted by Crippen LogP contribution is -2.37. The monoisotopic (exact) mass is 249 g/mol. The first kappa shape index (κ1) is 14.2. The Hall–Kier alpha value is 0.110. The molecule has 0 aromatic heterocycles. The number of rotatable bonds is 5. The third-order valence-corrected chi connectivity index (χ3v) is 5.70. The van der Waals surface area contributed by atoms with Gasteiger partial charge >= 0.3 is 0 Å². The molecule has 4 nitrogen and oxygen atoms in total. The third-order valence-electron chi connectivity index (χ3n) is 3.58. The molecule has 4 N–H and O–H groups in total. The predicted octanol–water partition coefficient (Wildman–Crippen LogP) is 1.89. The SMILES string of the molecule is CCP(=O)(O)C(O)C(N)CC1CCCCC1. The maximum atomic E-state index is 11.6. The summed E-state index contributed by atoms with van der Waals surface area (Å²) in [5.74, 6) is -0.727. The Morgan fingerprint density at radius 2 is 1.94 bits per heavy atom. The van der Waals surface area contributed by atoms with Crippen LogP contribution in [0.4, 0.5) is 0 Å². The molecule has 0 aromatic carbocycles. The number of aliphatic hydroxyl groups excluding tert-OH is 1. The molecule has 0 saturated heterocycles. The third kappa shape index (κ3) is 3.85. The minimum absolute atomic E-state index is 0.0898. The van der Waals surface area contributed by atoms with Crippen LogP contribution in [0.5, 0.6) is 0 Å². The smallest absolute Gasteiger partial charge is 0.229 e. The van der Waals surface area contributed by atoms with E-state index in [1.54, 1.807) is 6.92 Å².